The van der Waals surface area contributed by atoms with E-state index in [9.17, 15) is 8.42 Å². The maximum absolute atomic E-state index is 12.8. The lowest BCUT2D eigenvalue weighted by Crippen LogP contribution is -2.33. The summed E-state index contributed by atoms with van der Waals surface area (Å²) in [6.45, 7) is 10.4. The molecule has 136 valence electrons. The number of hydrogen-bond acceptors (Lipinski definition) is 2. The maximum atomic E-state index is 12.8. The average molecular weight is 369 g/mol. The molecule has 5 heteroatoms. The number of benzene rings is 2. The van der Waals surface area contributed by atoms with Gasteiger partial charge < -0.3 is 4.90 Å². The van der Waals surface area contributed by atoms with Crippen molar-refractivity contribution in [3.8, 4) is 0 Å². The van der Waals surface area contributed by atoms with E-state index in [2.05, 4.69) is 17.6 Å². The molecule has 0 N–H and O–H groups in total. The predicted molar refractivity (Wildman–Crippen MR) is 108 cm³/mol. The summed E-state index contributed by atoms with van der Waals surface area (Å²) < 4.78 is 29.7. The Kier molecular flexibility index (Phi) is 6.92. The summed E-state index contributed by atoms with van der Waals surface area (Å²) in [6.07, 6.45) is 3.86. The van der Waals surface area contributed by atoms with Gasteiger partial charge in [0, 0.05) is 19.5 Å². The van der Waals surface area contributed by atoms with Crippen LogP contribution in [-0.2, 0) is 16.4 Å². The molecule has 0 bridgehead atoms. The topological polar surface area (TPSA) is 49.7 Å². The molecule has 0 atom stereocenters. The second-order valence-corrected chi connectivity index (χ2v) is 7.54. The van der Waals surface area contributed by atoms with Crippen LogP contribution in [0.3, 0.4) is 0 Å². The van der Waals surface area contributed by atoms with Crippen LogP contribution in [0.2, 0.25) is 0 Å². The van der Waals surface area contributed by atoms with Crippen molar-refractivity contribution < 1.29 is 8.42 Å². The number of nitrogens with zero attached hydrogens (tertiary/aromatic N) is 2. The van der Waals surface area contributed by atoms with Crippen molar-refractivity contribution in [3.05, 3.63) is 91.0 Å². The quantitative estimate of drug-likeness (QED) is 0.402. The second-order valence-electron chi connectivity index (χ2n) is 5.94. The fourth-order valence-corrected chi connectivity index (χ4v) is 3.52. The van der Waals surface area contributed by atoms with Gasteiger partial charge in [-0.15, -0.1) is 17.6 Å². The number of hydrogen-bond donors (Lipinski definition) is 0. The largest absolute Gasteiger partial charge is 0.352 e. The number of amidine groups is 1. The van der Waals surface area contributed by atoms with E-state index in [1.54, 1.807) is 36.4 Å². The second kappa shape index (κ2) is 9.15. The van der Waals surface area contributed by atoms with Crippen LogP contribution in [0.15, 0.2) is 89.2 Å². The third-order valence-corrected chi connectivity index (χ3v) is 5.13. The van der Waals surface area contributed by atoms with Gasteiger partial charge >= 0.3 is 0 Å². The highest BCUT2D eigenvalue weighted by atomic mass is 32.2. The zero-order chi connectivity index (χ0) is 19.0. The maximum Gasteiger partial charge on any atom is 0.283 e. The SMILES string of the molecule is C=CCN(CC=C)C(Cc1ccccc1)=NS(=O)(=O)c1ccc(C)cc1. The molecule has 0 aliphatic carbocycles. The predicted octanol–water partition coefficient (Wildman–Crippen LogP) is 4.00. The van der Waals surface area contributed by atoms with Gasteiger partial charge in [0.1, 0.15) is 5.84 Å². The zero-order valence-electron chi connectivity index (χ0n) is 15.0. The normalized spacial score (nSPS) is 11.8. The highest BCUT2D eigenvalue weighted by molar-refractivity contribution is 7.90. The van der Waals surface area contributed by atoms with Crippen LogP contribution in [0.4, 0.5) is 0 Å². The minimum atomic E-state index is -3.80. The Balaban J connectivity index is 2.46. The fourth-order valence-electron chi connectivity index (χ4n) is 2.48. The van der Waals surface area contributed by atoms with Crippen LogP contribution in [0.25, 0.3) is 0 Å². The molecule has 0 saturated carbocycles. The van der Waals surface area contributed by atoms with Crippen molar-refractivity contribution in [3.63, 3.8) is 0 Å². The summed E-state index contributed by atoms with van der Waals surface area (Å²) in [5, 5.41) is 0. The third kappa shape index (κ3) is 5.43. The Morgan fingerprint density at radius 3 is 2.12 bits per heavy atom. The molecule has 26 heavy (non-hydrogen) atoms. The van der Waals surface area contributed by atoms with Gasteiger partial charge in [-0.1, -0.05) is 60.2 Å². The average Bonchev–Trinajstić information content (AvgIpc) is 2.62. The minimum Gasteiger partial charge on any atom is -0.352 e. The van der Waals surface area contributed by atoms with Gasteiger partial charge in [0.15, 0.2) is 0 Å². The standard InChI is InChI=1S/C21H24N2O2S/c1-4-15-23(16-5-2)21(17-19-9-7-6-8-10-19)22-26(24,25)20-13-11-18(3)12-14-20/h4-14H,1-2,15-17H2,3H3. The lowest BCUT2D eigenvalue weighted by molar-refractivity contribution is 0.504. The summed E-state index contributed by atoms with van der Waals surface area (Å²) >= 11 is 0. The van der Waals surface area contributed by atoms with Crippen LogP contribution >= 0.6 is 0 Å². The molecular weight excluding hydrogens is 344 g/mol. The first-order valence-corrected chi connectivity index (χ1v) is 9.81. The van der Waals surface area contributed by atoms with Crippen LogP contribution in [0, 0.1) is 6.92 Å². The lowest BCUT2D eigenvalue weighted by Gasteiger charge is -2.23. The molecule has 0 aliphatic rings. The molecule has 4 nitrogen and oxygen atoms in total. The van der Waals surface area contributed by atoms with Gasteiger partial charge in [-0.2, -0.15) is 8.42 Å². The molecule has 0 unspecified atom stereocenters. The molecular formula is C21H24N2O2S. The van der Waals surface area contributed by atoms with E-state index in [4.69, 9.17) is 0 Å². The van der Waals surface area contributed by atoms with Gasteiger partial charge in [-0.3, -0.25) is 0 Å². The molecule has 2 rings (SSSR count). The molecule has 0 aliphatic heterocycles. The molecule has 2 aromatic rings. The molecule has 0 fully saturated rings. The summed E-state index contributed by atoms with van der Waals surface area (Å²) in [5.74, 6) is 0.469. The van der Waals surface area contributed by atoms with Crippen molar-refractivity contribution in [1.29, 1.82) is 0 Å². The van der Waals surface area contributed by atoms with Crippen molar-refractivity contribution in [2.24, 2.45) is 4.40 Å². The van der Waals surface area contributed by atoms with E-state index in [0.717, 1.165) is 11.1 Å². The molecule has 0 heterocycles. The van der Waals surface area contributed by atoms with E-state index in [0.29, 0.717) is 25.3 Å². The number of sulfonamides is 1. The van der Waals surface area contributed by atoms with E-state index >= 15 is 0 Å². The van der Waals surface area contributed by atoms with Gasteiger partial charge in [0.05, 0.1) is 4.90 Å². The van der Waals surface area contributed by atoms with Crippen LogP contribution < -0.4 is 0 Å². The summed E-state index contributed by atoms with van der Waals surface area (Å²) in [5.41, 5.74) is 1.99. The summed E-state index contributed by atoms with van der Waals surface area (Å²) in [4.78, 5) is 2.05. The highest BCUT2D eigenvalue weighted by Crippen LogP contribution is 2.15. The first-order chi connectivity index (χ1) is 12.5. The molecule has 0 spiro atoms. The van der Waals surface area contributed by atoms with Gasteiger partial charge in [0.25, 0.3) is 10.0 Å². The molecule has 0 radical (unpaired) electrons. The van der Waals surface area contributed by atoms with Gasteiger partial charge in [-0.05, 0) is 24.6 Å². The number of rotatable bonds is 8. The Morgan fingerprint density at radius 2 is 1.58 bits per heavy atom. The molecule has 2 aromatic carbocycles. The Bertz CT molecular complexity index is 860. The van der Waals surface area contributed by atoms with E-state index < -0.39 is 10.0 Å². The smallest absolute Gasteiger partial charge is 0.283 e. The lowest BCUT2D eigenvalue weighted by atomic mass is 10.1. The van der Waals surface area contributed by atoms with Crippen molar-refractivity contribution in [1.82, 2.24) is 4.90 Å². The molecule has 0 amide bonds. The first-order valence-electron chi connectivity index (χ1n) is 8.37. The number of aryl methyl sites for hydroxylation is 1. The van der Waals surface area contributed by atoms with Crippen LogP contribution in [0.1, 0.15) is 11.1 Å². The Morgan fingerprint density at radius 1 is 1.00 bits per heavy atom. The molecule has 0 saturated heterocycles. The van der Waals surface area contributed by atoms with Crippen molar-refractivity contribution in [2.75, 3.05) is 13.1 Å². The van der Waals surface area contributed by atoms with Crippen LogP contribution in [-0.4, -0.2) is 32.2 Å². The van der Waals surface area contributed by atoms with Crippen molar-refractivity contribution in [2.45, 2.75) is 18.2 Å². The first kappa shape index (κ1) is 19.7. The monoisotopic (exact) mass is 368 g/mol. The summed E-state index contributed by atoms with van der Waals surface area (Å²) in [6, 6.07) is 16.4. The van der Waals surface area contributed by atoms with E-state index in [-0.39, 0.29) is 4.90 Å². The van der Waals surface area contributed by atoms with Gasteiger partial charge in [-0.25, -0.2) is 0 Å². The molecule has 0 aromatic heterocycles. The Hall–Kier alpha value is -2.66. The zero-order valence-corrected chi connectivity index (χ0v) is 15.8. The van der Waals surface area contributed by atoms with E-state index in [1.807, 2.05) is 42.2 Å². The minimum absolute atomic E-state index is 0.186. The van der Waals surface area contributed by atoms with E-state index in [1.165, 1.54) is 0 Å². The van der Waals surface area contributed by atoms with Crippen molar-refractivity contribution >= 4 is 15.9 Å². The highest BCUT2D eigenvalue weighted by Gasteiger charge is 2.18. The Labute approximate surface area is 156 Å². The third-order valence-electron chi connectivity index (χ3n) is 3.81. The van der Waals surface area contributed by atoms with Gasteiger partial charge in [0.2, 0.25) is 0 Å². The fraction of sp³-hybridized carbons (Fsp3) is 0.190. The summed E-state index contributed by atoms with van der Waals surface area (Å²) in [7, 11) is -3.80. The van der Waals surface area contributed by atoms with Crippen LogP contribution in [0.5, 0.6) is 0 Å².